The van der Waals surface area contributed by atoms with Gasteiger partial charge < -0.3 is 21.3 Å². The molecular formula is C20H36CuN4-4. The third-order valence-corrected chi connectivity index (χ3v) is 6.10. The Balaban J connectivity index is 0.00000225. The van der Waals surface area contributed by atoms with Crippen molar-refractivity contribution in [1.29, 1.82) is 0 Å². The minimum Gasteiger partial charge on any atom is -0.661 e. The number of hydrogen-bond donors (Lipinski definition) is 0. The smallest absolute Gasteiger partial charge is 0 e. The summed E-state index contributed by atoms with van der Waals surface area (Å²) < 4.78 is 0. The molecule has 6 unspecified atom stereocenters. The van der Waals surface area contributed by atoms with Crippen molar-refractivity contribution < 1.29 is 17.1 Å². The van der Waals surface area contributed by atoms with Crippen LogP contribution in [0.4, 0.5) is 0 Å². The van der Waals surface area contributed by atoms with Crippen LogP contribution in [0.15, 0.2) is 0 Å². The Labute approximate surface area is 165 Å². The summed E-state index contributed by atoms with van der Waals surface area (Å²) in [6, 6.07) is 2.72. The van der Waals surface area contributed by atoms with Crippen molar-refractivity contribution in [1.82, 2.24) is 0 Å². The standard InChI is InChI=1S/C20H36N4.Cu/c1-15-11-13-21-18-8-4-6-10-20(18)24-16(2)12-14-22-17-7-3-5-9-19(17)23-15;/h15-20H,3-14H2,1-2H3;/q-4;. The van der Waals surface area contributed by atoms with E-state index in [-0.39, 0.29) is 17.1 Å². The van der Waals surface area contributed by atoms with E-state index in [1.807, 2.05) is 0 Å². The normalized spacial score (nSPS) is 41.5. The fourth-order valence-corrected chi connectivity index (χ4v) is 4.61. The fourth-order valence-electron chi connectivity index (χ4n) is 4.61. The first-order valence-electron chi connectivity index (χ1n) is 10.5. The van der Waals surface area contributed by atoms with E-state index in [9.17, 15) is 0 Å². The number of hydrogen-bond acceptors (Lipinski definition) is 0. The Hall–Kier alpha value is 0.359. The van der Waals surface area contributed by atoms with Gasteiger partial charge in [-0.25, -0.2) is 0 Å². The van der Waals surface area contributed by atoms with Gasteiger partial charge in [0.15, 0.2) is 0 Å². The van der Waals surface area contributed by atoms with Crippen molar-refractivity contribution in [3.63, 3.8) is 0 Å². The molecule has 1 radical (unpaired) electrons. The van der Waals surface area contributed by atoms with E-state index < -0.39 is 0 Å². The maximum atomic E-state index is 5.13. The van der Waals surface area contributed by atoms with Gasteiger partial charge in [-0.3, -0.25) is 0 Å². The summed E-state index contributed by atoms with van der Waals surface area (Å²) in [7, 11) is 0. The zero-order valence-corrected chi connectivity index (χ0v) is 17.0. The Bertz CT molecular complexity index is 334. The molecule has 0 aromatic heterocycles. The van der Waals surface area contributed by atoms with Crippen molar-refractivity contribution in [2.45, 2.75) is 114 Å². The monoisotopic (exact) mass is 395 g/mol. The minimum atomic E-state index is 0. The second-order valence-electron chi connectivity index (χ2n) is 8.22. The molecule has 1 heterocycles. The van der Waals surface area contributed by atoms with Crippen LogP contribution < -0.4 is 0 Å². The van der Waals surface area contributed by atoms with Crippen LogP contribution in [0, 0.1) is 0 Å². The van der Waals surface area contributed by atoms with Gasteiger partial charge in [0.1, 0.15) is 0 Å². The predicted octanol–water partition coefficient (Wildman–Crippen LogP) is 5.67. The van der Waals surface area contributed by atoms with E-state index in [1.165, 1.54) is 51.4 Å². The maximum Gasteiger partial charge on any atom is 0 e. The van der Waals surface area contributed by atoms with E-state index in [4.69, 9.17) is 21.3 Å². The zero-order chi connectivity index (χ0) is 16.8. The van der Waals surface area contributed by atoms with Crippen molar-refractivity contribution in [2.75, 3.05) is 13.1 Å². The SMILES string of the molecule is CC1CC[N-]C2CCCCC2[N-]C(C)CC[N-]C2CCCCC2[N-]1.[Cu]. The van der Waals surface area contributed by atoms with Crippen LogP contribution in [0.3, 0.4) is 0 Å². The molecule has 0 bridgehead atoms. The summed E-state index contributed by atoms with van der Waals surface area (Å²) in [4.78, 5) is 0. The van der Waals surface area contributed by atoms with Crippen molar-refractivity contribution in [2.24, 2.45) is 0 Å². The van der Waals surface area contributed by atoms with E-state index in [0.29, 0.717) is 36.3 Å². The van der Waals surface area contributed by atoms with E-state index in [0.717, 1.165) is 25.9 Å². The molecule has 25 heavy (non-hydrogen) atoms. The molecule has 1 aliphatic heterocycles. The van der Waals surface area contributed by atoms with Gasteiger partial charge in [0.05, 0.1) is 0 Å². The van der Waals surface area contributed by atoms with Gasteiger partial charge in [-0.1, -0.05) is 78.1 Å². The molecule has 0 N–H and O–H groups in total. The van der Waals surface area contributed by atoms with E-state index in [2.05, 4.69) is 13.8 Å². The largest absolute Gasteiger partial charge is 0.661 e. The van der Waals surface area contributed by atoms with Crippen molar-refractivity contribution >= 4 is 0 Å². The Morgan fingerprint density at radius 2 is 0.880 bits per heavy atom. The molecule has 0 spiro atoms. The molecule has 3 rings (SSSR count). The predicted molar refractivity (Wildman–Crippen MR) is 103 cm³/mol. The van der Waals surface area contributed by atoms with Gasteiger partial charge in [-0.05, 0) is 0 Å². The van der Waals surface area contributed by atoms with Crippen molar-refractivity contribution in [3.8, 4) is 0 Å². The van der Waals surface area contributed by atoms with Gasteiger partial charge in [-0.15, -0.1) is 12.1 Å². The van der Waals surface area contributed by atoms with E-state index in [1.54, 1.807) is 0 Å². The average Bonchev–Trinajstić information content (AvgIpc) is 2.57. The molecule has 0 amide bonds. The van der Waals surface area contributed by atoms with Crippen LogP contribution in [0.5, 0.6) is 0 Å². The fraction of sp³-hybridized carbons (Fsp3) is 1.00. The molecule has 1 saturated heterocycles. The molecule has 3 aliphatic rings. The van der Waals surface area contributed by atoms with Gasteiger partial charge in [0.25, 0.3) is 0 Å². The van der Waals surface area contributed by atoms with Crippen LogP contribution in [-0.2, 0) is 17.1 Å². The Kier molecular flexibility index (Phi) is 9.75. The van der Waals surface area contributed by atoms with Gasteiger partial charge in [0.2, 0.25) is 0 Å². The number of fused-ring (bicyclic) bond motifs is 2. The second-order valence-corrected chi connectivity index (χ2v) is 8.22. The first-order chi connectivity index (χ1) is 11.7. The molecule has 4 nitrogen and oxygen atoms in total. The summed E-state index contributed by atoms with van der Waals surface area (Å²) in [5.41, 5.74) is 0. The molecule has 2 saturated carbocycles. The van der Waals surface area contributed by atoms with Gasteiger partial charge in [-0.2, -0.15) is 37.3 Å². The molecule has 6 atom stereocenters. The third kappa shape index (κ3) is 6.79. The summed E-state index contributed by atoms with van der Waals surface area (Å²) in [5, 5.41) is 20.4. The second kappa shape index (κ2) is 11.3. The van der Waals surface area contributed by atoms with Crippen LogP contribution in [-0.4, -0.2) is 49.3 Å². The Morgan fingerprint density at radius 1 is 0.520 bits per heavy atom. The number of rotatable bonds is 0. The van der Waals surface area contributed by atoms with Crippen LogP contribution in [0.25, 0.3) is 21.3 Å². The van der Waals surface area contributed by atoms with Gasteiger partial charge in [0, 0.05) is 17.1 Å². The molecule has 3 fully saturated rings. The molecule has 2 aliphatic carbocycles. The molecule has 0 aromatic rings. The zero-order valence-electron chi connectivity index (χ0n) is 16.0. The van der Waals surface area contributed by atoms with Crippen LogP contribution in [0.1, 0.15) is 78.1 Å². The Morgan fingerprint density at radius 3 is 1.28 bits per heavy atom. The van der Waals surface area contributed by atoms with Crippen LogP contribution in [0.2, 0.25) is 0 Å². The van der Waals surface area contributed by atoms with Crippen LogP contribution >= 0.6 is 0 Å². The average molecular weight is 396 g/mol. The summed E-state index contributed by atoms with van der Waals surface area (Å²) >= 11 is 0. The molecule has 151 valence electrons. The van der Waals surface area contributed by atoms with Gasteiger partial charge >= 0.3 is 0 Å². The minimum absolute atomic E-state index is 0. The quantitative estimate of drug-likeness (QED) is 0.474. The molecular weight excluding hydrogens is 360 g/mol. The topological polar surface area (TPSA) is 56.4 Å². The maximum absolute atomic E-state index is 5.13. The molecule has 5 heteroatoms. The third-order valence-electron chi connectivity index (χ3n) is 6.10. The molecule has 0 aromatic carbocycles. The summed E-state index contributed by atoms with van der Waals surface area (Å²) in [6.07, 6.45) is 12.5. The first-order valence-corrected chi connectivity index (χ1v) is 10.5. The van der Waals surface area contributed by atoms with Crippen molar-refractivity contribution in [3.05, 3.63) is 21.3 Å². The first kappa shape index (κ1) is 21.7. The summed E-state index contributed by atoms with van der Waals surface area (Å²) in [6.45, 7) is 6.48. The summed E-state index contributed by atoms with van der Waals surface area (Å²) in [5.74, 6) is 0. The van der Waals surface area contributed by atoms with E-state index >= 15 is 0 Å². The number of nitrogens with zero attached hydrogens (tertiary/aromatic N) is 4.